The number of rotatable bonds is 3. The number of aryl methyl sites for hydroxylation is 2. The van der Waals surface area contributed by atoms with Crippen molar-refractivity contribution in [2.24, 2.45) is 0 Å². The fraction of sp³-hybridized carbons (Fsp3) is 0.367. The fourth-order valence-electron chi connectivity index (χ4n) is 4.81. The van der Waals surface area contributed by atoms with E-state index < -0.39 is 35.9 Å². The number of amides is 4. The van der Waals surface area contributed by atoms with Crippen molar-refractivity contribution in [1.82, 2.24) is 30.6 Å². The number of hydrogen-bond donors (Lipinski definition) is 4. The van der Waals surface area contributed by atoms with Crippen molar-refractivity contribution in [2.45, 2.75) is 51.8 Å². The van der Waals surface area contributed by atoms with E-state index in [2.05, 4.69) is 21.0 Å². The number of nitrogens with zero attached hydrogens (tertiary/aromatic N) is 3. The van der Waals surface area contributed by atoms with Gasteiger partial charge in [0.25, 0.3) is 11.8 Å². The zero-order chi connectivity index (χ0) is 29.5. The lowest BCUT2D eigenvalue weighted by atomic mass is 10.00. The SMILES string of the molecule is Cc1ccc2cc1CCCNC(=O)CN(C(=O)c1ccccc1-n1cccn1)C[C@@H](C)NC(=O)[C@H]([C@@H](C)O)NC2=O. The minimum Gasteiger partial charge on any atom is -0.391 e. The second-order valence-corrected chi connectivity index (χ2v) is 10.3. The minimum atomic E-state index is -1.22. The van der Waals surface area contributed by atoms with Gasteiger partial charge in [-0.3, -0.25) is 19.2 Å². The van der Waals surface area contributed by atoms with Gasteiger partial charge in [0.2, 0.25) is 11.8 Å². The van der Waals surface area contributed by atoms with Crippen LogP contribution in [0.4, 0.5) is 0 Å². The Morgan fingerprint density at radius 2 is 1.88 bits per heavy atom. The summed E-state index contributed by atoms with van der Waals surface area (Å²) in [5.41, 5.74) is 3.21. The maximum absolute atomic E-state index is 13.8. The van der Waals surface area contributed by atoms with Gasteiger partial charge >= 0.3 is 0 Å². The number of carbonyl (C=O) groups is 4. The molecule has 4 N–H and O–H groups in total. The first-order valence-electron chi connectivity index (χ1n) is 13.7. The lowest BCUT2D eigenvalue weighted by molar-refractivity contribution is -0.126. The fourth-order valence-corrected chi connectivity index (χ4v) is 4.81. The van der Waals surface area contributed by atoms with E-state index in [9.17, 15) is 24.3 Å². The Kier molecular flexibility index (Phi) is 9.51. The lowest BCUT2D eigenvalue weighted by Gasteiger charge is -2.28. The summed E-state index contributed by atoms with van der Waals surface area (Å²) in [7, 11) is 0. The topological polar surface area (TPSA) is 146 Å². The number of fused-ring (bicyclic) bond motifs is 2. The van der Waals surface area contributed by atoms with Crippen molar-refractivity contribution in [2.75, 3.05) is 19.6 Å². The molecule has 11 nitrogen and oxygen atoms in total. The van der Waals surface area contributed by atoms with Crippen molar-refractivity contribution in [3.8, 4) is 5.69 Å². The van der Waals surface area contributed by atoms with Crippen LogP contribution in [0.2, 0.25) is 0 Å². The molecule has 0 spiro atoms. The average molecular weight is 561 g/mol. The summed E-state index contributed by atoms with van der Waals surface area (Å²) < 4.78 is 1.57. The molecular formula is C30H36N6O5. The summed E-state index contributed by atoms with van der Waals surface area (Å²) in [6.07, 6.45) is 3.39. The highest BCUT2D eigenvalue weighted by Gasteiger charge is 2.29. The van der Waals surface area contributed by atoms with E-state index in [1.165, 1.54) is 11.8 Å². The van der Waals surface area contributed by atoms with Crippen LogP contribution in [0, 0.1) is 6.92 Å². The Morgan fingerprint density at radius 3 is 2.61 bits per heavy atom. The smallest absolute Gasteiger partial charge is 0.256 e. The van der Waals surface area contributed by atoms with Gasteiger partial charge in [0.1, 0.15) is 6.04 Å². The third-order valence-corrected chi connectivity index (χ3v) is 7.00. The third kappa shape index (κ3) is 7.37. The number of aliphatic hydroxyl groups excluding tert-OH is 1. The van der Waals surface area contributed by atoms with Gasteiger partial charge in [-0.2, -0.15) is 5.10 Å². The molecular weight excluding hydrogens is 524 g/mol. The zero-order valence-electron chi connectivity index (χ0n) is 23.5. The van der Waals surface area contributed by atoms with E-state index in [1.807, 2.05) is 13.0 Å². The van der Waals surface area contributed by atoms with Gasteiger partial charge in [-0.15, -0.1) is 0 Å². The summed E-state index contributed by atoms with van der Waals surface area (Å²) in [4.78, 5) is 54.4. The van der Waals surface area contributed by atoms with Crippen molar-refractivity contribution in [3.05, 3.63) is 83.2 Å². The monoisotopic (exact) mass is 560 g/mol. The Morgan fingerprint density at radius 1 is 1.10 bits per heavy atom. The number of aliphatic hydroxyl groups is 1. The van der Waals surface area contributed by atoms with Gasteiger partial charge in [0, 0.05) is 37.1 Å². The van der Waals surface area contributed by atoms with Gasteiger partial charge in [-0.1, -0.05) is 18.2 Å². The van der Waals surface area contributed by atoms with Crippen LogP contribution in [0.25, 0.3) is 5.69 Å². The predicted molar refractivity (Wildman–Crippen MR) is 153 cm³/mol. The van der Waals surface area contributed by atoms with E-state index >= 15 is 0 Å². The second-order valence-electron chi connectivity index (χ2n) is 10.3. The number of hydrogen-bond acceptors (Lipinski definition) is 6. The van der Waals surface area contributed by atoms with Gasteiger partial charge in [-0.25, -0.2) is 4.68 Å². The number of para-hydroxylation sites is 1. The van der Waals surface area contributed by atoms with Crippen LogP contribution in [0.1, 0.15) is 52.1 Å². The summed E-state index contributed by atoms with van der Waals surface area (Å²) >= 11 is 0. The van der Waals surface area contributed by atoms with Crippen LogP contribution in [-0.2, 0) is 16.0 Å². The summed E-state index contributed by atoms with van der Waals surface area (Å²) in [6.45, 7) is 5.22. The molecule has 2 bridgehead atoms. The average Bonchev–Trinajstić information content (AvgIpc) is 3.48. The Hall–Kier alpha value is -4.51. The van der Waals surface area contributed by atoms with Crippen LogP contribution in [-0.4, -0.2) is 81.2 Å². The maximum Gasteiger partial charge on any atom is 0.256 e. The molecule has 0 saturated heterocycles. The molecule has 0 unspecified atom stereocenters. The molecule has 3 aromatic rings. The summed E-state index contributed by atoms with van der Waals surface area (Å²) in [5.74, 6) is -1.82. The van der Waals surface area contributed by atoms with Crippen LogP contribution in [0.3, 0.4) is 0 Å². The minimum absolute atomic E-state index is 0.00584. The van der Waals surface area contributed by atoms with E-state index in [0.29, 0.717) is 36.2 Å². The molecule has 4 rings (SSSR count). The van der Waals surface area contributed by atoms with E-state index in [0.717, 1.165) is 11.1 Å². The molecule has 2 heterocycles. The molecule has 0 saturated carbocycles. The molecule has 2 aromatic carbocycles. The Labute approximate surface area is 238 Å². The van der Waals surface area contributed by atoms with E-state index in [1.54, 1.807) is 66.5 Å². The molecule has 1 aromatic heterocycles. The zero-order valence-corrected chi connectivity index (χ0v) is 23.5. The summed E-state index contributed by atoms with van der Waals surface area (Å²) in [5, 5.41) is 22.9. The highest BCUT2D eigenvalue weighted by atomic mass is 16.3. The number of benzene rings is 2. The van der Waals surface area contributed by atoms with Crippen LogP contribution >= 0.6 is 0 Å². The van der Waals surface area contributed by atoms with Crippen molar-refractivity contribution < 1.29 is 24.3 Å². The molecule has 0 fully saturated rings. The lowest BCUT2D eigenvalue weighted by Crippen LogP contribution is -2.56. The number of carbonyl (C=O) groups excluding carboxylic acids is 4. The molecule has 0 radical (unpaired) electrons. The molecule has 41 heavy (non-hydrogen) atoms. The molecule has 1 aliphatic heterocycles. The normalized spacial score (nSPS) is 19.9. The van der Waals surface area contributed by atoms with Crippen molar-refractivity contribution in [3.63, 3.8) is 0 Å². The van der Waals surface area contributed by atoms with E-state index in [-0.39, 0.29) is 19.0 Å². The standard InChI is InChI=1S/C30H36N6O5/c1-19-11-12-23-16-22(19)8-6-13-31-26(38)18-35(17-20(2)33-29(40)27(21(3)37)34-28(23)39)30(41)24-9-4-5-10-25(24)36-15-7-14-32-36/h4-5,7,9-12,14-16,20-21,27,37H,6,8,13,17-18H2,1-3H3,(H,31,38)(H,33,40)(H,34,39)/t20-,21-,27+/m1/s1. The van der Waals surface area contributed by atoms with Crippen LogP contribution in [0.15, 0.2) is 60.9 Å². The molecule has 4 amide bonds. The van der Waals surface area contributed by atoms with Crippen LogP contribution in [0.5, 0.6) is 0 Å². The van der Waals surface area contributed by atoms with Crippen molar-refractivity contribution >= 4 is 23.6 Å². The van der Waals surface area contributed by atoms with Gasteiger partial charge in [0.05, 0.1) is 23.9 Å². The van der Waals surface area contributed by atoms with E-state index in [4.69, 9.17) is 0 Å². The Balaban J connectivity index is 1.63. The highest BCUT2D eigenvalue weighted by Crippen LogP contribution is 2.17. The first kappa shape index (κ1) is 29.5. The number of aromatic nitrogens is 2. The first-order valence-corrected chi connectivity index (χ1v) is 13.7. The van der Waals surface area contributed by atoms with Gasteiger partial charge < -0.3 is 26.0 Å². The van der Waals surface area contributed by atoms with Gasteiger partial charge in [-0.05, 0) is 75.1 Å². The maximum atomic E-state index is 13.8. The molecule has 11 heteroatoms. The first-order chi connectivity index (χ1) is 19.6. The quantitative estimate of drug-likeness (QED) is 0.381. The second kappa shape index (κ2) is 13.2. The summed E-state index contributed by atoms with van der Waals surface area (Å²) in [6, 6.07) is 12.1. The van der Waals surface area contributed by atoms with Crippen LogP contribution < -0.4 is 16.0 Å². The molecule has 216 valence electrons. The molecule has 3 atom stereocenters. The highest BCUT2D eigenvalue weighted by molar-refractivity contribution is 6.00. The molecule has 0 aliphatic carbocycles. The van der Waals surface area contributed by atoms with Crippen molar-refractivity contribution in [1.29, 1.82) is 0 Å². The molecule has 1 aliphatic rings. The number of nitrogens with one attached hydrogen (secondary N) is 3. The predicted octanol–water partition coefficient (Wildman–Crippen LogP) is 1.37. The third-order valence-electron chi connectivity index (χ3n) is 7.00. The van der Waals surface area contributed by atoms with Gasteiger partial charge in [0.15, 0.2) is 0 Å². The largest absolute Gasteiger partial charge is 0.391 e. The Bertz CT molecular complexity index is 1400.